The fourth-order valence-electron chi connectivity index (χ4n) is 3.02. The SMILES string of the molecule is CC(C)C[C@H](NS(=O)(=O)c1cccc2nsnc12)c1nnc2ccccn12. The minimum atomic E-state index is -3.82. The van der Waals surface area contributed by atoms with Crippen LogP contribution < -0.4 is 4.72 Å². The second kappa shape index (κ2) is 6.95. The Morgan fingerprint density at radius 2 is 1.96 bits per heavy atom. The first-order valence-corrected chi connectivity index (χ1v) is 10.7. The van der Waals surface area contributed by atoms with Gasteiger partial charge >= 0.3 is 0 Å². The van der Waals surface area contributed by atoms with Crippen LogP contribution in [0.4, 0.5) is 0 Å². The van der Waals surface area contributed by atoms with Crippen molar-refractivity contribution in [1.29, 1.82) is 0 Å². The summed E-state index contributed by atoms with van der Waals surface area (Å²) in [6, 6.07) is 10.00. The third-order valence-corrected chi connectivity index (χ3v) is 6.24. The summed E-state index contributed by atoms with van der Waals surface area (Å²) in [6.07, 6.45) is 2.41. The van der Waals surface area contributed by atoms with Crippen LogP contribution in [-0.2, 0) is 10.0 Å². The van der Waals surface area contributed by atoms with Crippen molar-refractivity contribution < 1.29 is 8.42 Å². The van der Waals surface area contributed by atoms with Gasteiger partial charge in [-0.3, -0.25) is 4.40 Å². The predicted octanol–water partition coefficient (Wildman–Crippen LogP) is 2.80. The number of nitrogens with zero attached hydrogens (tertiary/aromatic N) is 5. The molecule has 0 amide bonds. The standard InChI is InChI=1S/C17H18N6O2S2/c1-11(2)10-13(17-19-18-15-8-3-4-9-23(15)17)22-27(24,25)14-7-5-6-12-16(14)21-26-20-12/h3-9,11,13,22H,10H2,1-2H3/t13-/m0/s1. The minimum Gasteiger partial charge on any atom is -0.285 e. The molecule has 0 saturated heterocycles. The lowest BCUT2D eigenvalue weighted by Gasteiger charge is -2.19. The first-order chi connectivity index (χ1) is 13.0. The number of pyridine rings is 1. The summed E-state index contributed by atoms with van der Waals surface area (Å²) in [7, 11) is -3.82. The van der Waals surface area contributed by atoms with Gasteiger partial charge in [0, 0.05) is 6.20 Å². The van der Waals surface area contributed by atoms with Gasteiger partial charge in [-0.25, -0.2) is 13.1 Å². The number of nitrogens with one attached hydrogen (secondary N) is 1. The van der Waals surface area contributed by atoms with Crippen molar-refractivity contribution in [3.63, 3.8) is 0 Å². The fraction of sp³-hybridized carbons (Fsp3) is 0.294. The van der Waals surface area contributed by atoms with E-state index >= 15 is 0 Å². The average molecular weight is 403 g/mol. The molecule has 4 rings (SSSR count). The predicted molar refractivity (Wildman–Crippen MR) is 103 cm³/mol. The Morgan fingerprint density at radius 3 is 2.78 bits per heavy atom. The molecule has 140 valence electrons. The minimum absolute atomic E-state index is 0.122. The molecule has 1 atom stereocenters. The first-order valence-electron chi connectivity index (χ1n) is 8.49. The molecule has 0 radical (unpaired) electrons. The maximum atomic E-state index is 13.1. The fourth-order valence-corrected chi connectivity index (χ4v) is 5.00. The third-order valence-electron chi connectivity index (χ3n) is 4.19. The molecule has 0 fully saturated rings. The van der Waals surface area contributed by atoms with E-state index in [1.807, 2.05) is 38.2 Å². The van der Waals surface area contributed by atoms with Crippen LogP contribution >= 0.6 is 11.7 Å². The maximum absolute atomic E-state index is 13.1. The zero-order valence-corrected chi connectivity index (χ0v) is 16.4. The lowest BCUT2D eigenvalue weighted by atomic mass is 10.0. The molecule has 0 aliphatic rings. The summed E-state index contributed by atoms with van der Waals surface area (Å²) >= 11 is 0.994. The number of hydrogen-bond donors (Lipinski definition) is 1. The smallest absolute Gasteiger partial charge is 0.243 e. The molecule has 3 aromatic heterocycles. The lowest BCUT2D eigenvalue weighted by Crippen LogP contribution is -2.31. The van der Waals surface area contributed by atoms with Crippen LogP contribution in [0.1, 0.15) is 32.1 Å². The molecule has 3 heterocycles. The van der Waals surface area contributed by atoms with Crippen LogP contribution in [0.3, 0.4) is 0 Å². The van der Waals surface area contributed by atoms with E-state index < -0.39 is 16.1 Å². The number of rotatable bonds is 6. The summed E-state index contributed by atoms with van der Waals surface area (Å²) in [6.45, 7) is 4.07. The van der Waals surface area contributed by atoms with E-state index in [9.17, 15) is 8.42 Å². The largest absolute Gasteiger partial charge is 0.285 e. The monoisotopic (exact) mass is 402 g/mol. The summed E-state index contributed by atoms with van der Waals surface area (Å²) in [5.74, 6) is 0.817. The second-order valence-corrected chi connectivity index (χ2v) is 8.89. The highest BCUT2D eigenvalue weighted by Gasteiger charge is 2.28. The Kier molecular flexibility index (Phi) is 4.62. The summed E-state index contributed by atoms with van der Waals surface area (Å²) in [5.41, 5.74) is 1.62. The molecule has 0 spiro atoms. The van der Waals surface area contributed by atoms with Crippen LogP contribution in [0.2, 0.25) is 0 Å². The molecule has 0 aliphatic carbocycles. The Morgan fingerprint density at radius 1 is 1.11 bits per heavy atom. The van der Waals surface area contributed by atoms with Gasteiger partial charge < -0.3 is 0 Å². The Labute approximate surface area is 160 Å². The van der Waals surface area contributed by atoms with Gasteiger partial charge in [0.2, 0.25) is 10.0 Å². The lowest BCUT2D eigenvalue weighted by molar-refractivity contribution is 0.454. The second-order valence-electron chi connectivity index (χ2n) is 6.68. The highest BCUT2D eigenvalue weighted by atomic mass is 32.2. The highest BCUT2D eigenvalue weighted by molar-refractivity contribution is 7.89. The van der Waals surface area contributed by atoms with E-state index in [0.717, 1.165) is 11.7 Å². The van der Waals surface area contributed by atoms with Crippen molar-refractivity contribution in [3.8, 4) is 0 Å². The van der Waals surface area contributed by atoms with E-state index in [2.05, 4.69) is 23.7 Å². The van der Waals surface area contributed by atoms with Gasteiger partial charge in [0.05, 0.1) is 17.8 Å². The van der Waals surface area contributed by atoms with Crippen LogP contribution in [0, 0.1) is 5.92 Å². The molecule has 4 aromatic rings. The zero-order chi connectivity index (χ0) is 19.0. The molecule has 27 heavy (non-hydrogen) atoms. The molecule has 0 saturated carbocycles. The van der Waals surface area contributed by atoms with Crippen molar-refractivity contribution in [2.75, 3.05) is 0 Å². The van der Waals surface area contributed by atoms with E-state index in [0.29, 0.717) is 28.9 Å². The molecule has 8 nitrogen and oxygen atoms in total. The van der Waals surface area contributed by atoms with Gasteiger partial charge in [0.1, 0.15) is 15.9 Å². The van der Waals surface area contributed by atoms with Crippen LogP contribution in [-0.4, -0.2) is 31.8 Å². The van der Waals surface area contributed by atoms with Crippen molar-refractivity contribution in [2.45, 2.75) is 31.2 Å². The van der Waals surface area contributed by atoms with E-state index in [4.69, 9.17) is 0 Å². The van der Waals surface area contributed by atoms with Gasteiger partial charge in [-0.2, -0.15) is 8.75 Å². The topological polar surface area (TPSA) is 102 Å². The average Bonchev–Trinajstić information content (AvgIpc) is 3.27. The molecule has 1 N–H and O–H groups in total. The van der Waals surface area contributed by atoms with Crippen molar-refractivity contribution >= 4 is 38.4 Å². The summed E-state index contributed by atoms with van der Waals surface area (Å²) < 4.78 is 39.1. The molecule has 10 heteroatoms. The zero-order valence-electron chi connectivity index (χ0n) is 14.8. The number of sulfonamides is 1. The van der Waals surface area contributed by atoms with Crippen LogP contribution in [0.15, 0.2) is 47.5 Å². The molecular weight excluding hydrogens is 384 g/mol. The van der Waals surface area contributed by atoms with Crippen LogP contribution in [0.25, 0.3) is 16.7 Å². The van der Waals surface area contributed by atoms with Crippen molar-refractivity contribution in [3.05, 3.63) is 48.4 Å². The normalized spacial score (nSPS) is 13.6. The Hall–Kier alpha value is -2.43. The molecule has 0 bridgehead atoms. The van der Waals surface area contributed by atoms with E-state index in [-0.39, 0.29) is 10.8 Å². The summed E-state index contributed by atoms with van der Waals surface area (Å²) in [5, 5.41) is 8.39. The van der Waals surface area contributed by atoms with Gasteiger partial charge in [0.25, 0.3) is 0 Å². The molecule has 0 aliphatic heterocycles. The number of aromatic nitrogens is 5. The molecular formula is C17H18N6O2S2. The number of benzene rings is 1. The molecule has 1 aromatic carbocycles. The molecule has 0 unspecified atom stereocenters. The van der Waals surface area contributed by atoms with Gasteiger partial charge in [0.15, 0.2) is 11.5 Å². The van der Waals surface area contributed by atoms with E-state index in [1.54, 1.807) is 22.6 Å². The highest BCUT2D eigenvalue weighted by Crippen LogP contribution is 2.26. The Bertz CT molecular complexity index is 1200. The van der Waals surface area contributed by atoms with Gasteiger partial charge in [-0.15, -0.1) is 10.2 Å². The van der Waals surface area contributed by atoms with Gasteiger partial charge in [-0.1, -0.05) is 26.0 Å². The van der Waals surface area contributed by atoms with Crippen molar-refractivity contribution in [1.82, 2.24) is 28.1 Å². The Balaban J connectivity index is 1.77. The maximum Gasteiger partial charge on any atom is 0.243 e. The van der Waals surface area contributed by atoms with Gasteiger partial charge in [-0.05, 0) is 36.6 Å². The van der Waals surface area contributed by atoms with Crippen LogP contribution in [0.5, 0.6) is 0 Å². The number of hydrogen-bond acceptors (Lipinski definition) is 7. The van der Waals surface area contributed by atoms with Crippen molar-refractivity contribution in [2.24, 2.45) is 5.92 Å². The number of fused-ring (bicyclic) bond motifs is 2. The summed E-state index contributed by atoms with van der Waals surface area (Å²) in [4.78, 5) is 0.122. The van der Waals surface area contributed by atoms with E-state index in [1.165, 1.54) is 0 Å². The first kappa shape index (κ1) is 18.0. The third kappa shape index (κ3) is 3.43. The quantitative estimate of drug-likeness (QED) is 0.532.